The molecule has 188 valence electrons. The van der Waals surface area contributed by atoms with Gasteiger partial charge in [0.25, 0.3) is 5.91 Å². The number of aromatic nitrogens is 1. The molecule has 1 amide bonds. The van der Waals surface area contributed by atoms with Crippen LogP contribution in [0, 0.1) is 0 Å². The van der Waals surface area contributed by atoms with Crippen LogP contribution in [0.25, 0.3) is 16.6 Å². The van der Waals surface area contributed by atoms with Gasteiger partial charge in [-0.2, -0.15) is 13.2 Å². The van der Waals surface area contributed by atoms with Gasteiger partial charge in [-0.1, -0.05) is 41.9 Å². The molecule has 5 nitrogen and oxygen atoms in total. The van der Waals surface area contributed by atoms with Gasteiger partial charge in [0, 0.05) is 36.4 Å². The number of rotatable bonds is 5. The summed E-state index contributed by atoms with van der Waals surface area (Å²) in [5.41, 5.74) is 1.53. The van der Waals surface area contributed by atoms with Crippen molar-refractivity contribution in [3.8, 4) is 11.1 Å². The van der Waals surface area contributed by atoms with Gasteiger partial charge in [-0.3, -0.25) is 4.79 Å². The van der Waals surface area contributed by atoms with E-state index in [1.807, 2.05) is 0 Å². The third-order valence-corrected chi connectivity index (χ3v) is 6.39. The molecule has 2 heterocycles. The second kappa shape index (κ2) is 9.61. The van der Waals surface area contributed by atoms with Gasteiger partial charge in [-0.05, 0) is 48.4 Å². The molecular weight excluding hydrogens is 493 g/mol. The molecule has 0 bridgehead atoms. The molecule has 0 spiro atoms. The number of carbonyl (C=O) groups is 1. The Hall–Kier alpha value is -3.33. The number of nitrogens with zero attached hydrogens (tertiary/aromatic N) is 2. The van der Waals surface area contributed by atoms with Crippen molar-refractivity contribution in [2.24, 2.45) is 0 Å². The summed E-state index contributed by atoms with van der Waals surface area (Å²) < 4.78 is 42.9. The third-order valence-electron chi connectivity index (χ3n) is 6.06. The molecule has 2 aromatic carbocycles. The highest BCUT2D eigenvalue weighted by Gasteiger charge is 2.37. The smallest absolute Gasteiger partial charge is 0.389 e. The van der Waals surface area contributed by atoms with Crippen LogP contribution in [0.2, 0.25) is 5.02 Å². The fraction of sp³-hybridized carbons (Fsp3) is 0.222. The third kappa shape index (κ3) is 4.72. The first kappa shape index (κ1) is 25.8. The lowest BCUT2D eigenvalue weighted by atomic mass is 9.98. The molecular formula is C27H24ClF3N2O3. The van der Waals surface area contributed by atoms with Crippen molar-refractivity contribution in [2.75, 3.05) is 14.1 Å². The van der Waals surface area contributed by atoms with E-state index in [4.69, 9.17) is 11.6 Å². The van der Waals surface area contributed by atoms with E-state index in [1.54, 1.807) is 63.5 Å². The molecule has 2 unspecified atom stereocenters. The molecule has 0 fully saturated rings. The number of aliphatic hydroxyl groups excluding tert-OH is 2. The number of pyridine rings is 1. The average molecular weight is 517 g/mol. The molecule has 4 aromatic rings. The number of hydrogen-bond donors (Lipinski definition) is 2. The first-order chi connectivity index (χ1) is 16.9. The number of fused-ring (bicyclic) bond motifs is 1. The Morgan fingerprint density at radius 3 is 2.28 bits per heavy atom. The Kier molecular flexibility index (Phi) is 6.88. The number of carbonyl (C=O) groups excluding carboxylic acids is 1. The van der Waals surface area contributed by atoms with Crippen LogP contribution in [0.15, 0.2) is 66.9 Å². The number of halogens is 4. The van der Waals surface area contributed by atoms with Crippen LogP contribution >= 0.6 is 11.6 Å². The largest absolute Gasteiger partial charge is 0.416 e. The maximum Gasteiger partial charge on any atom is 0.416 e. The Balaban J connectivity index is 1.97. The highest BCUT2D eigenvalue weighted by molar-refractivity contribution is 6.31. The molecule has 2 atom stereocenters. The van der Waals surface area contributed by atoms with Gasteiger partial charge >= 0.3 is 6.18 Å². The lowest BCUT2D eigenvalue weighted by Gasteiger charge is -2.19. The monoisotopic (exact) mass is 516 g/mol. The molecule has 0 aliphatic rings. The molecule has 4 rings (SSSR count). The number of benzene rings is 2. The summed E-state index contributed by atoms with van der Waals surface area (Å²) in [6, 6.07) is 15.3. The van der Waals surface area contributed by atoms with Crippen LogP contribution in [-0.2, 0) is 6.18 Å². The SMILES string of the molecule is CC(O)c1ccc(-c2cc(C(O)c3c(Cl)cccc3C(F)(F)F)n3cc(C(=O)N(C)C)ccc23)cc1. The van der Waals surface area contributed by atoms with Crippen molar-refractivity contribution in [1.82, 2.24) is 9.30 Å². The summed E-state index contributed by atoms with van der Waals surface area (Å²) >= 11 is 6.17. The molecule has 2 aromatic heterocycles. The summed E-state index contributed by atoms with van der Waals surface area (Å²) in [6.07, 6.45) is -5.64. The molecule has 0 saturated heterocycles. The van der Waals surface area contributed by atoms with Gasteiger partial charge in [-0.15, -0.1) is 0 Å². The Bertz CT molecular complexity index is 1430. The van der Waals surface area contributed by atoms with E-state index in [-0.39, 0.29) is 16.6 Å². The summed E-state index contributed by atoms with van der Waals surface area (Å²) in [4.78, 5) is 14.0. The number of hydrogen-bond acceptors (Lipinski definition) is 3. The maximum absolute atomic E-state index is 13.8. The minimum absolute atomic E-state index is 0.117. The molecule has 36 heavy (non-hydrogen) atoms. The number of alkyl halides is 3. The Morgan fingerprint density at radius 1 is 1.03 bits per heavy atom. The zero-order valence-corrected chi connectivity index (χ0v) is 20.5. The van der Waals surface area contributed by atoms with Gasteiger partial charge in [-0.25, -0.2) is 0 Å². The fourth-order valence-electron chi connectivity index (χ4n) is 4.20. The predicted molar refractivity (Wildman–Crippen MR) is 132 cm³/mol. The molecule has 9 heteroatoms. The molecule has 0 saturated carbocycles. The van der Waals surface area contributed by atoms with Gasteiger partial charge in [0.05, 0.1) is 28.4 Å². The normalized spacial score (nSPS) is 13.6. The molecule has 0 radical (unpaired) electrons. The minimum atomic E-state index is -4.74. The van der Waals surface area contributed by atoms with Crippen LogP contribution in [0.1, 0.15) is 51.9 Å². The first-order valence-corrected chi connectivity index (χ1v) is 11.5. The molecule has 0 aliphatic heterocycles. The maximum atomic E-state index is 13.8. The highest BCUT2D eigenvalue weighted by Crippen LogP contribution is 2.42. The van der Waals surface area contributed by atoms with E-state index >= 15 is 0 Å². The number of aliphatic hydroxyl groups is 2. The minimum Gasteiger partial charge on any atom is -0.389 e. The predicted octanol–water partition coefficient (Wildman–Crippen LogP) is 6.12. The highest BCUT2D eigenvalue weighted by atomic mass is 35.5. The van der Waals surface area contributed by atoms with E-state index in [0.29, 0.717) is 22.2 Å². The van der Waals surface area contributed by atoms with Gasteiger partial charge < -0.3 is 19.5 Å². The van der Waals surface area contributed by atoms with Gasteiger partial charge in [0.1, 0.15) is 6.10 Å². The average Bonchev–Trinajstić information content (AvgIpc) is 3.21. The van der Waals surface area contributed by atoms with E-state index in [1.165, 1.54) is 27.6 Å². The number of amides is 1. The van der Waals surface area contributed by atoms with Crippen molar-refractivity contribution >= 4 is 23.0 Å². The Morgan fingerprint density at radius 2 is 1.69 bits per heavy atom. The summed E-state index contributed by atoms with van der Waals surface area (Å²) in [5, 5.41) is 20.9. The second-order valence-corrected chi connectivity index (χ2v) is 9.16. The van der Waals surface area contributed by atoms with Crippen molar-refractivity contribution in [3.05, 3.63) is 99.8 Å². The van der Waals surface area contributed by atoms with Crippen molar-refractivity contribution in [1.29, 1.82) is 0 Å². The Labute approximate surface area is 211 Å². The van der Waals surface area contributed by atoms with Crippen LogP contribution in [-0.4, -0.2) is 39.5 Å². The molecule has 0 aliphatic carbocycles. The van der Waals surface area contributed by atoms with E-state index < -0.39 is 29.5 Å². The van der Waals surface area contributed by atoms with Gasteiger partial charge in [0.15, 0.2) is 0 Å². The van der Waals surface area contributed by atoms with Crippen LogP contribution in [0.4, 0.5) is 13.2 Å². The van der Waals surface area contributed by atoms with E-state index in [0.717, 1.165) is 11.6 Å². The fourth-order valence-corrected chi connectivity index (χ4v) is 4.48. The lowest BCUT2D eigenvalue weighted by Crippen LogP contribution is -2.22. The zero-order valence-electron chi connectivity index (χ0n) is 19.7. The second-order valence-electron chi connectivity index (χ2n) is 8.75. The summed E-state index contributed by atoms with van der Waals surface area (Å²) in [7, 11) is 3.18. The van der Waals surface area contributed by atoms with Crippen molar-refractivity contribution in [3.63, 3.8) is 0 Å². The standard InChI is InChI=1S/C27H24ClF3N2O3/c1-15(34)16-7-9-17(10-8-16)19-13-23(33-14-18(11-12-22(19)33)26(36)32(2)3)25(35)24-20(27(29,30)31)5-4-6-21(24)28/h4-15,25,34-35H,1-3H3. The topological polar surface area (TPSA) is 65.2 Å². The quantitative estimate of drug-likeness (QED) is 0.336. The van der Waals surface area contributed by atoms with Crippen LogP contribution in [0.3, 0.4) is 0 Å². The van der Waals surface area contributed by atoms with Crippen LogP contribution in [0.5, 0.6) is 0 Å². The van der Waals surface area contributed by atoms with Crippen molar-refractivity contribution < 1.29 is 28.2 Å². The molecule has 2 N–H and O–H groups in total. The van der Waals surface area contributed by atoms with Crippen molar-refractivity contribution in [2.45, 2.75) is 25.3 Å². The van der Waals surface area contributed by atoms with E-state index in [9.17, 15) is 28.2 Å². The first-order valence-electron chi connectivity index (χ1n) is 11.1. The lowest BCUT2D eigenvalue weighted by molar-refractivity contribution is -0.139. The zero-order chi connectivity index (χ0) is 26.4. The van der Waals surface area contributed by atoms with Gasteiger partial charge in [0.2, 0.25) is 0 Å². The van der Waals surface area contributed by atoms with Crippen LogP contribution < -0.4 is 0 Å². The summed E-state index contributed by atoms with van der Waals surface area (Å²) in [5.74, 6) is -0.303. The van der Waals surface area contributed by atoms with E-state index in [2.05, 4.69) is 0 Å². The summed E-state index contributed by atoms with van der Waals surface area (Å²) in [6.45, 7) is 1.64.